The van der Waals surface area contributed by atoms with Gasteiger partial charge in [-0.3, -0.25) is 14.5 Å². The van der Waals surface area contributed by atoms with Crippen molar-refractivity contribution in [2.45, 2.75) is 32.7 Å². The molecule has 25 heavy (non-hydrogen) atoms. The van der Waals surface area contributed by atoms with Crippen molar-refractivity contribution in [2.24, 2.45) is 0 Å². The molecule has 134 valence electrons. The Kier molecular flexibility index (Phi) is 4.69. The minimum atomic E-state index is -0.202. The molecule has 0 spiro atoms. The van der Waals surface area contributed by atoms with E-state index in [1.807, 2.05) is 37.9 Å². The highest BCUT2D eigenvalue weighted by molar-refractivity contribution is 6.35. The first-order valence-corrected chi connectivity index (χ1v) is 8.87. The van der Waals surface area contributed by atoms with E-state index in [-0.39, 0.29) is 17.9 Å². The molecule has 2 amide bonds. The number of aryl methyl sites for hydroxylation is 2. The van der Waals surface area contributed by atoms with Crippen LogP contribution in [0.3, 0.4) is 0 Å². The van der Waals surface area contributed by atoms with E-state index in [0.717, 1.165) is 42.6 Å². The van der Waals surface area contributed by atoms with Gasteiger partial charge in [0.25, 0.3) is 11.8 Å². The Morgan fingerprint density at radius 3 is 2.28 bits per heavy atom. The number of rotatable bonds is 3. The van der Waals surface area contributed by atoms with E-state index in [9.17, 15) is 9.59 Å². The lowest BCUT2D eigenvalue weighted by molar-refractivity contribution is -0.136. The quantitative estimate of drug-likeness (QED) is 0.789. The van der Waals surface area contributed by atoms with E-state index >= 15 is 0 Å². The normalized spacial score (nSPS) is 20.0. The van der Waals surface area contributed by atoms with Gasteiger partial charge in [-0.15, -0.1) is 0 Å². The Balaban J connectivity index is 2.05. The number of nitrogens with zero attached hydrogens (tertiary/aromatic N) is 3. The number of likely N-dealkylation sites (N-methyl/N-ethyl adjacent to an activating group) is 2. The molecule has 0 N–H and O–H groups in total. The second-order valence-corrected chi connectivity index (χ2v) is 7.36. The summed E-state index contributed by atoms with van der Waals surface area (Å²) in [5.74, 6) is -0.395. The summed E-state index contributed by atoms with van der Waals surface area (Å²) in [6.07, 6.45) is 2.00. The molecule has 0 radical (unpaired) electrons. The van der Waals surface area contributed by atoms with Gasteiger partial charge in [-0.25, -0.2) is 0 Å². The largest absolute Gasteiger partial charge is 0.366 e. The lowest BCUT2D eigenvalue weighted by atomic mass is 9.96. The molecule has 0 aliphatic carbocycles. The predicted octanol–water partition coefficient (Wildman–Crippen LogP) is 2.04. The maximum Gasteiger partial charge on any atom is 0.277 e. The van der Waals surface area contributed by atoms with Gasteiger partial charge in [0.1, 0.15) is 5.70 Å². The Morgan fingerprint density at radius 1 is 1.04 bits per heavy atom. The van der Waals surface area contributed by atoms with Crippen LogP contribution in [0, 0.1) is 13.8 Å². The second-order valence-electron chi connectivity index (χ2n) is 7.36. The van der Waals surface area contributed by atoms with Crippen molar-refractivity contribution in [1.29, 1.82) is 0 Å². The molecule has 2 aliphatic rings. The maximum atomic E-state index is 12.8. The van der Waals surface area contributed by atoms with Crippen LogP contribution in [0.15, 0.2) is 23.9 Å². The summed E-state index contributed by atoms with van der Waals surface area (Å²) >= 11 is 0. The minimum Gasteiger partial charge on any atom is -0.366 e. The number of hydrogen-bond donors (Lipinski definition) is 0. The molecule has 0 saturated carbocycles. The smallest absolute Gasteiger partial charge is 0.277 e. The first-order valence-electron chi connectivity index (χ1n) is 8.87. The number of carbonyl (C=O) groups is 2. The van der Waals surface area contributed by atoms with E-state index in [1.54, 1.807) is 7.05 Å². The van der Waals surface area contributed by atoms with E-state index in [2.05, 4.69) is 18.0 Å². The zero-order chi connectivity index (χ0) is 18.3. The summed E-state index contributed by atoms with van der Waals surface area (Å²) in [6.45, 7) is 6.06. The Morgan fingerprint density at radius 2 is 1.68 bits per heavy atom. The fourth-order valence-electron chi connectivity index (χ4n) is 3.86. The van der Waals surface area contributed by atoms with Crippen molar-refractivity contribution in [2.75, 3.05) is 34.2 Å². The van der Waals surface area contributed by atoms with Crippen molar-refractivity contribution in [3.05, 3.63) is 40.6 Å². The number of piperidine rings is 1. The number of benzene rings is 1. The lowest BCUT2D eigenvalue weighted by Gasteiger charge is -2.36. The van der Waals surface area contributed by atoms with Gasteiger partial charge < -0.3 is 9.80 Å². The Hall–Kier alpha value is -2.14. The molecule has 0 aromatic heterocycles. The van der Waals surface area contributed by atoms with Crippen molar-refractivity contribution < 1.29 is 9.59 Å². The van der Waals surface area contributed by atoms with E-state index in [4.69, 9.17) is 0 Å². The predicted molar refractivity (Wildman–Crippen MR) is 98.9 cm³/mol. The average Bonchev–Trinajstić information content (AvgIpc) is 2.79. The lowest BCUT2D eigenvalue weighted by Crippen LogP contribution is -2.43. The fraction of sp³-hybridized carbons (Fsp3) is 0.500. The molecular weight excluding hydrogens is 314 g/mol. The van der Waals surface area contributed by atoms with Crippen LogP contribution >= 0.6 is 0 Å². The number of amides is 2. The van der Waals surface area contributed by atoms with Crippen LogP contribution in [0.2, 0.25) is 0 Å². The number of carbonyl (C=O) groups excluding carboxylic acids is 2. The first-order chi connectivity index (χ1) is 11.8. The van der Waals surface area contributed by atoms with Gasteiger partial charge in [0, 0.05) is 20.1 Å². The highest BCUT2D eigenvalue weighted by atomic mass is 16.2. The van der Waals surface area contributed by atoms with Crippen LogP contribution in [0.4, 0.5) is 0 Å². The van der Waals surface area contributed by atoms with Gasteiger partial charge in [-0.05, 0) is 58.0 Å². The molecule has 1 fully saturated rings. The van der Waals surface area contributed by atoms with Crippen LogP contribution in [0.1, 0.15) is 29.5 Å². The monoisotopic (exact) mass is 341 g/mol. The zero-order valence-corrected chi connectivity index (χ0v) is 15.8. The van der Waals surface area contributed by atoms with Gasteiger partial charge in [0.15, 0.2) is 0 Å². The Bertz CT molecular complexity index is 745. The molecule has 1 aromatic rings. The molecule has 5 heteroatoms. The van der Waals surface area contributed by atoms with Crippen LogP contribution in [0.5, 0.6) is 0 Å². The summed E-state index contributed by atoms with van der Waals surface area (Å²) in [4.78, 5) is 31.2. The molecule has 5 nitrogen and oxygen atoms in total. The average molecular weight is 341 g/mol. The third-order valence-electron chi connectivity index (χ3n) is 5.50. The summed E-state index contributed by atoms with van der Waals surface area (Å²) in [5, 5.41) is 0. The number of hydrogen-bond acceptors (Lipinski definition) is 4. The van der Waals surface area contributed by atoms with Crippen molar-refractivity contribution >= 4 is 17.4 Å². The second kappa shape index (κ2) is 6.64. The first kappa shape index (κ1) is 17.7. The highest BCUT2D eigenvalue weighted by Gasteiger charge is 2.40. The van der Waals surface area contributed by atoms with Crippen LogP contribution in [-0.4, -0.2) is 66.8 Å². The SMILES string of the molecule is Cc1ccc(C2=C(N(C)C3CCN(C)CC3)C(=O)N(C)C2=O)c(C)c1. The van der Waals surface area contributed by atoms with Crippen LogP contribution in [0.25, 0.3) is 5.57 Å². The molecule has 0 atom stereocenters. The third kappa shape index (κ3) is 3.09. The molecule has 0 bridgehead atoms. The van der Waals surface area contributed by atoms with Gasteiger partial charge in [0.05, 0.1) is 5.57 Å². The van der Waals surface area contributed by atoms with Crippen LogP contribution in [-0.2, 0) is 9.59 Å². The molecular formula is C20H27N3O2. The summed E-state index contributed by atoms with van der Waals surface area (Å²) in [7, 11) is 5.65. The topological polar surface area (TPSA) is 43.9 Å². The molecule has 1 saturated heterocycles. The molecule has 3 rings (SSSR count). The number of likely N-dealkylation sites (tertiary alicyclic amines) is 1. The van der Waals surface area contributed by atoms with Crippen molar-refractivity contribution in [1.82, 2.24) is 14.7 Å². The molecule has 0 unspecified atom stereocenters. The summed E-state index contributed by atoms with van der Waals surface area (Å²) in [5.41, 5.74) is 4.14. The Labute approximate surface area is 149 Å². The summed E-state index contributed by atoms with van der Waals surface area (Å²) < 4.78 is 0. The molecule has 2 aliphatic heterocycles. The highest BCUT2D eigenvalue weighted by Crippen LogP contribution is 2.34. The minimum absolute atomic E-state index is 0.193. The van der Waals surface area contributed by atoms with Crippen molar-refractivity contribution in [3.63, 3.8) is 0 Å². The maximum absolute atomic E-state index is 12.8. The number of imide groups is 1. The van der Waals surface area contributed by atoms with E-state index < -0.39 is 0 Å². The van der Waals surface area contributed by atoms with Gasteiger partial charge in [-0.2, -0.15) is 0 Å². The zero-order valence-electron chi connectivity index (χ0n) is 15.8. The fourth-order valence-corrected chi connectivity index (χ4v) is 3.86. The van der Waals surface area contributed by atoms with Gasteiger partial charge in [0.2, 0.25) is 0 Å². The van der Waals surface area contributed by atoms with E-state index in [1.165, 1.54) is 4.90 Å². The summed E-state index contributed by atoms with van der Waals surface area (Å²) in [6, 6.07) is 6.31. The molecule has 2 heterocycles. The van der Waals surface area contributed by atoms with Crippen molar-refractivity contribution in [3.8, 4) is 0 Å². The van der Waals surface area contributed by atoms with E-state index in [0.29, 0.717) is 11.3 Å². The van der Waals surface area contributed by atoms with Gasteiger partial charge >= 0.3 is 0 Å². The van der Waals surface area contributed by atoms with Gasteiger partial charge in [-0.1, -0.05) is 23.8 Å². The third-order valence-corrected chi connectivity index (χ3v) is 5.50. The van der Waals surface area contributed by atoms with Crippen LogP contribution < -0.4 is 0 Å². The molecule has 1 aromatic carbocycles. The standard InChI is InChI=1S/C20H27N3O2/c1-13-6-7-16(14(2)12-13)17-18(20(25)23(5)19(17)24)22(4)15-8-10-21(3)11-9-15/h6-7,12,15H,8-11H2,1-5H3.